The molecule has 1 saturated carbocycles. The molecule has 0 aromatic heterocycles. The first kappa shape index (κ1) is 14.4. The summed E-state index contributed by atoms with van der Waals surface area (Å²) in [5.41, 5.74) is 0. The first-order valence-electron chi connectivity index (χ1n) is 6.28. The van der Waals surface area contributed by atoms with Crippen molar-refractivity contribution in [2.75, 3.05) is 40.1 Å². The minimum absolute atomic E-state index is 0.154. The molecule has 1 fully saturated rings. The Morgan fingerprint density at radius 2 is 2.06 bits per heavy atom. The van der Waals surface area contributed by atoms with E-state index in [9.17, 15) is 4.79 Å². The van der Waals surface area contributed by atoms with Crippen LogP contribution in [0.15, 0.2) is 0 Å². The zero-order valence-corrected chi connectivity index (χ0v) is 10.6. The number of esters is 1. The number of hydrogen-bond donors (Lipinski definition) is 1. The van der Waals surface area contributed by atoms with Gasteiger partial charge in [-0.3, -0.25) is 4.79 Å². The summed E-state index contributed by atoms with van der Waals surface area (Å²) in [5.74, 6) is -0.154. The number of rotatable bonds is 11. The Hall–Kier alpha value is -0.650. The van der Waals surface area contributed by atoms with Crippen molar-refractivity contribution in [2.24, 2.45) is 0 Å². The third-order valence-corrected chi connectivity index (χ3v) is 2.47. The maximum absolute atomic E-state index is 11.2. The second-order valence-electron chi connectivity index (χ2n) is 4.16. The fourth-order valence-corrected chi connectivity index (χ4v) is 1.36. The van der Waals surface area contributed by atoms with E-state index in [2.05, 4.69) is 5.32 Å². The van der Waals surface area contributed by atoms with Crippen LogP contribution in [0.3, 0.4) is 0 Å². The van der Waals surface area contributed by atoms with Gasteiger partial charge in [0.2, 0.25) is 0 Å². The summed E-state index contributed by atoms with van der Waals surface area (Å²) in [6, 6.07) is 0.645. The van der Waals surface area contributed by atoms with Crippen molar-refractivity contribution in [3.8, 4) is 0 Å². The van der Waals surface area contributed by atoms with Crippen LogP contribution in [0.4, 0.5) is 0 Å². The van der Waals surface area contributed by atoms with Crippen LogP contribution in [0.1, 0.15) is 25.7 Å². The number of nitrogens with one attached hydrogen (secondary N) is 1. The van der Waals surface area contributed by atoms with Gasteiger partial charge in [-0.05, 0) is 19.3 Å². The van der Waals surface area contributed by atoms with Gasteiger partial charge in [-0.2, -0.15) is 0 Å². The highest BCUT2D eigenvalue weighted by Crippen LogP contribution is 2.18. The summed E-state index contributed by atoms with van der Waals surface area (Å²) in [7, 11) is 1.66. The third-order valence-electron chi connectivity index (χ3n) is 2.47. The highest BCUT2D eigenvalue weighted by atomic mass is 16.6. The van der Waals surface area contributed by atoms with Gasteiger partial charge in [0.15, 0.2) is 0 Å². The van der Waals surface area contributed by atoms with E-state index >= 15 is 0 Å². The van der Waals surface area contributed by atoms with Gasteiger partial charge in [0.1, 0.15) is 6.61 Å². The van der Waals surface area contributed by atoms with Crippen molar-refractivity contribution < 1.29 is 19.0 Å². The maximum atomic E-state index is 11.2. The highest BCUT2D eigenvalue weighted by Gasteiger charge is 2.20. The molecule has 17 heavy (non-hydrogen) atoms. The fourth-order valence-electron chi connectivity index (χ4n) is 1.36. The van der Waals surface area contributed by atoms with E-state index in [1.54, 1.807) is 7.11 Å². The summed E-state index contributed by atoms with van der Waals surface area (Å²) in [4.78, 5) is 11.2. The predicted octanol–water partition coefficient (Wildman–Crippen LogP) is 0.725. The first-order valence-corrected chi connectivity index (χ1v) is 6.28. The Morgan fingerprint density at radius 1 is 1.24 bits per heavy atom. The van der Waals surface area contributed by atoms with Gasteiger partial charge >= 0.3 is 5.97 Å². The van der Waals surface area contributed by atoms with Crippen LogP contribution in [0.25, 0.3) is 0 Å². The Bertz CT molecular complexity index is 207. The normalized spacial score (nSPS) is 14.9. The molecule has 1 N–H and O–H groups in total. The Labute approximate surface area is 103 Å². The summed E-state index contributed by atoms with van der Waals surface area (Å²) in [6.07, 6.45) is 3.80. The van der Waals surface area contributed by atoms with Gasteiger partial charge in [0, 0.05) is 32.9 Å². The van der Waals surface area contributed by atoms with Crippen LogP contribution in [0.5, 0.6) is 0 Å². The van der Waals surface area contributed by atoms with Crippen molar-refractivity contribution >= 4 is 5.97 Å². The van der Waals surface area contributed by atoms with E-state index < -0.39 is 0 Å². The quantitative estimate of drug-likeness (QED) is 0.429. The lowest BCUT2D eigenvalue weighted by Crippen LogP contribution is -2.21. The van der Waals surface area contributed by atoms with E-state index in [1.807, 2.05) is 0 Å². The summed E-state index contributed by atoms with van der Waals surface area (Å²) in [6.45, 7) is 2.88. The Kier molecular flexibility index (Phi) is 7.96. The van der Waals surface area contributed by atoms with Crippen molar-refractivity contribution in [3.05, 3.63) is 0 Å². The molecule has 0 aliphatic heterocycles. The second-order valence-corrected chi connectivity index (χ2v) is 4.16. The van der Waals surface area contributed by atoms with Gasteiger partial charge in [0.05, 0.1) is 13.0 Å². The van der Waals surface area contributed by atoms with E-state index in [-0.39, 0.29) is 5.97 Å². The fraction of sp³-hybridized carbons (Fsp3) is 0.917. The van der Waals surface area contributed by atoms with Gasteiger partial charge in [-0.25, -0.2) is 0 Å². The molecule has 0 bridgehead atoms. The van der Waals surface area contributed by atoms with Gasteiger partial charge in [0.25, 0.3) is 0 Å². The molecule has 0 spiro atoms. The van der Waals surface area contributed by atoms with Gasteiger partial charge < -0.3 is 19.5 Å². The average Bonchev–Trinajstić information content (AvgIpc) is 3.12. The monoisotopic (exact) mass is 245 g/mol. The molecule has 0 atom stereocenters. The number of methoxy groups -OCH3 is 1. The molecule has 0 saturated heterocycles. The molecule has 1 rings (SSSR count). The molecule has 0 aromatic carbocycles. The van der Waals surface area contributed by atoms with Crippen LogP contribution in [-0.4, -0.2) is 52.1 Å². The smallest absolute Gasteiger partial charge is 0.307 e. The van der Waals surface area contributed by atoms with Crippen LogP contribution >= 0.6 is 0 Å². The summed E-state index contributed by atoms with van der Waals surface area (Å²) >= 11 is 0. The van der Waals surface area contributed by atoms with E-state index in [1.165, 1.54) is 12.8 Å². The Balaban J connectivity index is 1.76. The minimum Gasteiger partial charge on any atom is -0.463 e. The lowest BCUT2D eigenvalue weighted by Gasteiger charge is -2.06. The molecule has 5 heteroatoms. The van der Waals surface area contributed by atoms with E-state index in [4.69, 9.17) is 14.2 Å². The lowest BCUT2D eigenvalue weighted by molar-refractivity contribution is -0.145. The number of carbonyl (C=O) groups is 1. The molecular weight excluding hydrogens is 222 g/mol. The molecule has 100 valence electrons. The lowest BCUT2D eigenvalue weighted by atomic mass is 10.4. The van der Waals surface area contributed by atoms with Crippen molar-refractivity contribution in [1.29, 1.82) is 0 Å². The molecule has 0 amide bonds. The van der Waals surface area contributed by atoms with Gasteiger partial charge in [-0.15, -0.1) is 0 Å². The zero-order chi connectivity index (χ0) is 12.3. The van der Waals surface area contributed by atoms with Crippen molar-refractivity contribution in [2.45, 2.75) is 31.7 Å². The molecule has 0 radical (unpaired) electrons. The van der Waals surface area contributed by atoms with E-state index in [0.717, 1.165) is 13.0 Å². The molecule has 1 aliphatic rings. The van der Waals surface area contributed by atoms with Crippen molar-refractivity contribution in [3.63, 3.8) is 0 Å². The van der Waals surface area contributed by atoms with Crippen molar-refractivity contribution in [1.82, 2.24) is 5.32 Å². The third kappa shape index (κ3) is 9.09. The number of ether oxygens (including phenoxy) is 3. The highest BCUT2D eigenvalue weighted by molar-refractivity contribution is 5.69. The average molecular weight is 245 g/mol. The largest absolute Gasteiger partial charge is 0.463 e. The van der Waals surface area contributed by atoms with Crippen LogP contribution in [0, 0.1) is 0 Å². The first-order chi connectivity index (χ1) is 8.33. The van der Waals surface area contributed by atoms with E-state index in [0.29, 0.717) is 38.9 Å². The molecule has 0 aromatic rings. The summed E-state index contributed by atoms with van der Waals surface area (Å²) < 4.78 is 15.2. The zero-order valence-electron chi connectivity index (χ0n) is 10.6. The maximum Gasteiger partial charge on any atom is 0.307 e. The molecule has 0 unspecified atom stereocenters. The Morgan fingerprint density at radius 3 is 2.76 bits per heavy atom. The second kappa shape index (κ2) is 9.39. The number of hydrogen-bond acceptors (Lipinski definition) is 5. The minimum atomic E-state index is -0.154. The van der Waals surface area contributed by atoms with Gasteiger partial charge in [-0.1, -0.05) is 0 Å². The SMILES string of the molecule is COCCCOCCOC(=O)CCNC1CC1. The topological polar surface area (TPSA) is 56.8 Å². The van der Waals surface area contributed by atoms with Crippen LogP contribution in [-0.2, 0) is 19.0 Å². The molecular formula is C12H23NO4. The summed E-state index contributed by atoms with van der Waals surface area (Å²) in [5, 5.41) is 3.27. The molecule has 0 heterocycles. The molecule has 1 aliphatic carbocycles. The van der Waals surface area contributed by atoms with Crippen LogP contribution in [0.2, 0.25) is 0 Å². The standard InChI is InChI=1S/C12H23NO4/c1-15-7-2-8-16-9-10-17-12(14)5-6-13-11-3-4-11/h11,13H,2-10H2,1H3. The number of carbonyl (C=O) groups excluding carboxylic acids is 1. The predicted molar refractivity (Wildman–Crippen MR) is 63.9 cm³/mol. The molecule has 5 nitrogen and oxygen atoms in total. The van der Waals surface area contributed by atoms with Crippen LogP contribution < -0.4 is 5.32 Å².